The Morgan fingerprint density at radius 3 is 2.37 bits per heavy atom. The summed E-state index contributed by atoms with van der Waals surface area (Å²) in [7, 11) is 1.48. The molecule has 0 aliphatic heterocycles. The Bertz CT molecular complexity index is 535. The third kappa shape index (κ3) is 4.05. The fourth-order valence-electron chi connectivity index (χ4n) is 1.46. The van der Waals surface area contributed by atoms with Crippen LogP contribution >= 0.6 is 0 Å². The van der Waals surface area contributed by atoms with Gasteiger partial charge in [0.15, 0.2) is 0 Å². The first kappa shape index (κ1) is 15.7. The molecule has 0 aliphatic rings. The molecule has 0 spiro atoms. The molecule has 7 nitrogen and oxygen atoms in total. The first-order valence-electron chi connectivity index (χ1n) is 5.69. The minimum Gasteiger partial charge on any atom is -0.475 e. The molecule has 0 saturated heterocycles. The summed E-state index contributed by atoms with van der Waals surface area (Å²) in [6.45, 7) is 1.10. The Morgan fingerprint density at radius 1 is 1.26 bits per heavy atom. The van der Waals surface area contributed by atoms with Crippen molar-refractivity contribution in [2.45, 2.75) is 11.5 Å². The topological polar surface area (TPSA) is 91.1 Å². The molecule has 19 heavy (non-hydrogen) atoms. The Labute approximate surface area is 112 Å². The van der Waals surface area contributed by atoms with Gasteiger partial charge in [-0.3, -0.25) is 0 Å². The Balaban J connectivity index is 2.75. The van der Waals surface area contributed by atoms with Gasteiger partial charge in [-0.2, -0.15) is 4.31 Å². The van der Waals surface area contributed by atoms with Crippen LogP contribution in [-0.4, -0.2) is 62.9 Å². The normalized spacial score (nSPS) is 12.3. The van der Waals surface area contributed by atoms with Crippen molar-refractivity contribution in [3.05, 3.63) is 17.9 Å². The summed E-state index contributed by atoms with van der Waals surface area (Å²) in [6.07, 6.45) is 0.676. The van der Waals surface area contributed by atoms with Crippen molar-refractivity contribution in [3.63, 3.8) is 0 Å². The third-order valence-electron chi connectivity index (χ3n) is 2.54. The number of carboxylic acids is 1. The van der Waals surface area contributed by atoms with E-state index >= 15 is 0 Å². The number of carbonyl (C=O) groups is 1. The number of hydrogen-bond acceptors (Lipinski definition) is 5. The second-order valence-electron chi connectivity index (χ2n) is 4.41. The highest BCUT2D eigenvalue weighted by atomic mass is 32.2. The molecule has 0 unspecified atom stereocenters. The molecule has 1 aromatic heterocycles. The summed E-state index contributed by atoms with van der Waals surface area (Å²) < 4.78 is 30.1. The van der Waals surface area contributed by atoms with Crippen LogP contribution in [0.4, 0.5) is 0 Å². The SMILES string of the molecule is CN(C)CCCN(C)S(=O)(=O)c1ccc(C(=O)O)o1. The zero-order valence-electron chi connectivity index (χ0n) is 11.2. The average Bonchev–Trinajstić information content (AvgIpc) is 2.78. The molecular weight excluding hydrogens is 272 g/mol. The van der Waals surface area contributed by atoms with E-state index in [-0.39, 0.29) is 10.9 Å². The van der Waals surface area contributed by atoms with Crippen LogP contribution in [0.1, 0.15) is 17.0 Å². The number of rotatable bonds is 7. The fourth-order valence-corrected chi connectivity index (χ4v) is 2.57. The molecule has 0 atom stereocenters. The van der Waals surface area contributed by atoms with Crippen molar-refractivity contribution in [1.29, 1.82) is 0 Å². The molecule has 1 aromatic rings. The average molecular weight is 290 g/mol. The molecular formula is C11H18N2O5S. The summed E-state index contributed by atoms with van der Waals surface area (Å²) in [5.74, 6) is -1.68. The molecule has 0 aromatic carbocycles. The van der Waals surface area contributed by atoms with Crippen molar-refractivity contribution in [3.8, 4) is 0 Å². The summed E-state index contributed by atoms with van der Waals surface area (Å²) >= 11 is 0. The molecule has 0 saturated carbocycles. The summed E-state index contributed by atoms with van der Waals surface area (Å²) in [4.78, 5) is 12.6. The molecule has 8 heteroatoms. The maximum absolute atomic E-state index is 12.1. The lowest BCUT2D eigenvalue weighted by Crippen LogP contribution is -2.29. The minimum atomic E-state index is -3.76. The predicted molar refractivity (Wildman–Crippen MR) is 68.7 cm³/mol. The van der Waals surface area contributed by atoms with E-state index in [1.807, 2.05) is 19.0 Å². The molecule has 0 fully saturated rings. The Hall–Kier alpha value is -1.38. The van der Waals surface area contributed by atoms with Crippen molar-refractivity contribution in [2.24, 2.45) is 0 Å². The van der Waals surface area contributed by atoms with Crippen LogP contribution in [0.15, 0.2) is 21.6 Å². The van der Waals surface area contributed by atoms with Crippen LogP contribution in [0, 0.1) is 0 Å². The molecule has 1 N–H and O–H groups in total. The van der Waals surface area contributed by atoms with Gasteiger partial charge in [-0.15, -0.1) is 0 Å². The zero-order valence-corrected chi connectivity index (χ0v) is 12.0. The van der Waals surface area contributed by atoms with Gasteiger partial charge in [-0.05, 0) is 39.2 Å². The maximum Gasteiger partial charge on any atom is 0.371 e. The molecule has 0 aliphatic carbocycles. The van der Waals surface area contributed by atoms with E-state index < -0.39 is 16.0 Å². The molecule has 0 bridgehead atoms. The van der Waals surface area contributed by atoms with E-state index in [1.54, 1.807) is 0 Å². The minimum absolute atomic E-state index is 0.337. The lowest BCUT2D eigenvalue weighted by atomic mass is 10.4. The lowest BCUT2D eigenvalue weighted by Gasteiger charge is -2.16. The number of hydrogen-bond donors (Lipinski definition) is 1. The van der Waals surface area contributed by atoms with Gasteiger partial charge in [-0.1, -0.05) is 0 Å². The van der Waals surface area contributed by atoms with Crippen molar-refractivity contribution in [2.75, 3.05) is 34.2 Å². The van der Waals surface area contributed by atoms with Gasteiger partial charge >= 0.3 is 5.97 Å². The third-order valence-corrected chi connectivity index (χ3v) is 4.27. The Morgan fingerprint density at radius 2 is 1.89 bits per heavy atom. The van der Waals surface area contributed by atoms with Gasteiger partial charge in [0.1, 0.15) is 0 Å². The van der Waals surface area contributed by atoms with E-state index in [2.05, 4.69) is 0 Å². The number of furan rings is 1. The second-order valence-corrected chi connectivity index (χ2v) is 6.38. The predicted octanol–water partition coefficient (Wildman–Crippen LogP) is 0.550. The monoisotopic (exact) mass is 290 g/mol. The van der Waals surface area contributed by atoms with Gasteiger partial charge in [0.25, 0.3) is 10.0 Å². The van der Waals surface area contributed by atoms with Gasteiger partial charge in [0.05, 0.1) is 0 Å². The van der Waals surface area contributed by atoms with Gasteiger partial charge in [-0.25, -0.2) is 13.2 Å². The van der Waals surface area contributed by atoms with Crippen LogP contribution in [0.25, 0.3) is 0 Å². The highest BCUT2D eigenvalue weighted by Gasteiger charge is 2.25. The van der Waals surface area contributed by atoms with Crippen LogP contribution < -0.4 is 0 Å². The van der Waals surface area contributed by atoms with E-state index in [0.717, 1.165) is 23.0 Å². The van der Waals surface area contributed by atoms with Crippen LogP contribution in [0.3, 0.4) is 0 Å². The number of carboxylic acid groups (broad SMARTS) is 1. The van der Waals surface area contributed by atoms with Crippen LogP contribution in [0.5, 0.6) is 0 Å². The number of nitrogens with zero attached hydrogens (tertiary/aromatic N) is 2. The smallest absolute Gasteiger partial charge is 0.371 e. The maximum atomic E-state index is 12.1. The standard InChI is InChI=1S/C11H18N2O5S/c1-12(2)7-4-8-13(3)19(16,17)10-6-5-9(18-10)11(14)15/h5-6H,4,7-8H2,1-3H3,(H,14,15). The van der Waals surface area contributed by atoms with Crippen molar-refractivity contribution in [1.82, 2.24) is 9.21 Å². The van der Waals surface area contributed by atoms with Crippen LogP contribution in [-0.2, 0) is 10.0 Å². The number of aromatic carboxylic acids is 1. The molecule has 108 valence electrons. The summed E-state index contributed by atoms with van der Waals surface area (Å²) in [5.41, 5.74) is 0. The van der Waals surface area contributed by atoms with Gasteiger partial charge < -0.3 is 14.4 Å². The van der Waals surface area contributed by atoms with E-state index in [0.29, 0.717) is 13.0 Å². The molecule has 0 radical (unpaired) electrons. The van der Waals surface area contributed by atoms with Crippen molar-refractivity contribution < 1.29 is 22.7 Å². The first-order valence-corrected chi connectivity index (χ1v) is 7.13. The quantitative estimate of drug-likeness (QED) is 0.788. The zero-order chi connectivity index (χ0) is 14.6. The largest absolute Gasteiger partial charge is 0.475 e. The van der Waals surface area contributed by atoms with E-state index in [4.69, 9.17) is 9.52 Å². The second kappa shape index (κ2) is 6.18. The summed E-state index contributed by atoms with van der Waals surface area (Å²) in [6, 6.07) is 2.28. The lowest BCUT2D eigenvalue weighted by molar-refractivity contribution is 0.0656. The number of sulfonamides is 1. The first-order chi connectivity index (χ1) is 8.75. The van der Waals surface area contributed by atoms with Crippen LogP contribution in [0.2, 0.25) is 0 Å². The van der Waals surface area contributed by atoms with E-state index in [1.165, 1.54) is 7.05 Å². The summed E-state index contributed by atoms with van der Waals surface area (Å²) in [5, 5.41) is 8.35. The van der Waals surface area contributed by atoms with E-state index in [9.17, 15) is 13.2 Å². The van der Waals surface area contributed by atoms with Gasteiger partial charge in [0.2, 0.25) is 10.9 Å². The molecule has 1 rings (SSSR count). The Kier molecular flexibility index (Phi) is 5.10. The van der Waals surface area contributed by atoms with Crippen molar-refractivity contribution >= 4 is 16.0 Å². The highest BCUT2D eigenvalue weighted by molar-refractivity contribution is 7.89. The molecule has 1 heterocycles. The molecule has 0 amide bonds. The fraction of sp³-hybridized carbons (Fsp3) is 0.545. The highest BCUT2D eigenvalue weighted by Crippen LogP contribution is 2.18. The van der Waals surface area contributed by atoms with Gasteiger partial charge in [0, 0.05) is 13.6 Å².